The Kier molecular flexibility index (Phi) is 5.50. The fourth-order valence-electron chi connectivity index (χ4n) is 2.64. The molecule has 2 N–H and O–H groups in total. The van der Waals surface area contributed by atoms with Gasteiger partial charge in [0.15, 0.2) is 0 Å². The van der Waals surface area contributed by atoms with E-state index >= 15 is 0 Å². The van der Waals surface area contributed by atoms with Crippen LogP contribution in [0.25, 0.3) is 0 Å². The molecule has 0 unspecified atom stereocenters. The van der Waals surface area contributed by atoms with Gasteiger partial charge in [-0.2, -0.15) is 5.10 Å². The van der Waals surface area contributed by atoms with Crippen LogP contribution in [-0.4, -0.2) is 23.2 Å². The number of H-pyrrole nitrogens is 1. The van der Waals surface area contributed by atoms with Crippen molar-refractivity contribution in [2.75, 3.05) is 12.4 Å². The van der Waals surface area contributed by atoms with Crippen LogP contribution >= 0.6 is 11.3 Å². The summed E-state index contributed by atoms with van der Waals surface area (Å²) >= 11 is 1.59. The van der Waals surface area contributed by atoms with Crippen molar-refractivity contribution in [3.63, 3.8) is 0 Å². The summed E-state index contributed by atoms with van der Waals surface area (Å²) in [5, 5.41) is 12.3. The van der Waals surface area contributed by atoms with E-state index in [2.05, 4.69) is 15.5 Å². The van der Waals surface area contributed by atoms with Crippen molar-refractivity contribution < 1.29 is 9.53 Å². The number of aromatic amines is 1. The Balaban J connectivity index is 1.63. The summed E-state index contributed by atoms with van der Waals surface area (Å²) in [4.78, 5) is 13.3. The van der Waals surface area contributed by atoms with Gasteiger partial charge < -0.3 is 10.1 Å². The van der Waals surface area contributed by atoms with Crippen LogP contribution in [0, 0.1) is 6.92 Å². The molecule has 0 aliphatic rings. The summed E-state index contributed by atoms with van der Waals surface area (Å²) < 4.78 is 5.18. The normalized spacial score (nSPS) is 10.6. The molecule has 5 nitrogen and oxygen atoms in total. The van der Waals surface area contributed by atoms with E-state index in [1.54, 1.807) is 18.4 Å². The predicted octanol–water partition coefficient (Wildman–Crippen LogP) is 3.75. The van der Waals surface area contributed by atoms with E-state index in [1.165, 1.54) is 5.56 Å². The van der Waals surface area contributed by atoms with E-state index in [1.807, 2.05) is 48.7 Å². The van der Waals surface area contributed by atoms with Crippen LogP contribution in [0.4, 0.5) is 5.69 Å². The first-order chi connectivity index (χ1) is 12.2. The zero-order valence-electron chi connectivity index (χ0n) is 14.3. The van der Waals surface area contributed by atoms with Crippen LogP contribution in [0.1, 0.15) is 21.8 Å². The minimum atomic E-state index is -0.0161. The second-order valence-corrected chi connectivity index (χ2v) is 6.85. The molecule has 2 aromatic heterocycles. The highest BCUT2D eigenvalue weighted by atomic mass is 32.1. The molecule has 0 radical (unpaired) electrons. The maximum absolute atomic E-state index is 12.3. The minimum Gasteiger partial charge on any atom is -0.497 e. The van der Waals surface area contributed by atoms with Crippen LogP contribution in [-0.2, 0) is 24.1 Å². The lowest BCUT2D eigenvalue weighted by Gasteiger charge is -2.07. The second kappa shape index (κ2) is 7.98. The molecule has 3 rings (SSSR count). The van der Waals surface area contributed by atoms with E-state index in [0.29, 0.717) is 6.42 Å². The molecule has 0 aliphatic carbocycles. The molecule has 0 spiro atoms. The summed E-state index contributed by atoms with van der Waals surface area (Å²) in [6.45, 7) is 1.92. The van der Waals surface area contributed by atoms with Gasteiger partial charge in [0.1, 0.15) is 5.75 Å². The second-order valence-electron chi connectivity index (χ2n) is 5.82. The van der Waals surface area contributed by atoms with Gasteiger partial charge in [-0.15, -0.1) is 11.3 Å². The Bertz CT molecular complexity index is 823. The summed E-state index contributed by atoms with van der Waals surface area (Å²) in [5.41, 5.74) is 3.77. The van der Waals surface area contributed by atoms with Gasteiger partial charge >= 0.3 is 0 Å². The number of rotatable bonds is 7. The molecule has 3 aromatic rings. The molecule has 2 heterocycles. The van der Waals surface area contributed by atoms with Crippen LogP contribution in [0.15, 0.2) is 41.8 Å². The van der Waals surface area contributed by atoms with E-state index < -0.39 is 0 Å². The number of thiophene rings is 1. The number of aromatic nitrogens is 2. The molecule has 1 amide bonds. The Morgan fingerprint density at radius 1 is 1.24 bits per heavy atom. The standard InChI is InChI=1S/C19H21N3O2S/c1-13-19(20-18(23)12-16-4-3-11-25-16)17(22-21-13)10-7-14-5-8-15(24-2)9-6-14/h3-6,8-9,11H,7,10,12H2,1-2H3,(H,20,23)(H,21,22). The largest absolute Gasteiger partial charge is 0.497 e. The number of carbonyl (C=O) groups excluding carboxylic acids is 1. The highest BCUT2D eigenvalue weighted by Gasteiger charge is 2.14. The minimum absolute atomic E-state index is 0.0161. The third-order valence-electron chi connectivity index (χ3n) is 4.01. The summed E-state index contributed by atoms with van der Waals surface area (Å²) in [5.74, 6) is 0.832. The number of benzene rings is 1. The molecule has 25 heavy (non-hydrogen) atoms. The number of nitrogens with zero attached hydrogens (tertiary/aromatic N) is 1. The highest BCUT2D eigenvalue weighted by Crippen LogP contribution is 2.21. The van der Waals surface area contributed by atoms with Crippen molar-refractivity contribution >= 4 is 22.9 Å². The zero-order valence-corrected chi connectivity index (χ0v) is 15.2. The van der Waals surface area contributed by atoms with E-state index in [4.69, 9.17) is 4.74 Å². The monoisotopic (exact) mass is 355 g/mol. The van der Waals surface area contributed by atoms with E-state index in [9.17, 15) is 4.79 Å². The van der Waals surface area contributed by atoms with E-state index in [-0.39, 0.29) is 5.91 Å². The molecule has 0 atom stereocenters. The summed E-state index contributed by atoms with van der Waals surface area (Å²) in [6, 6.07) is 11.9. The first-order valence-corrected chi connectivity index (χ1v) is 9.02. The first kappa shape index (κ1) is 17.2. The van der Waals surface area contributed by atoms with Crippen LogP contribution in [0.5, 0.6) is 5.75 Å². The van der Waals surface area contributed by atoms with Crippen LogP contribution in [0.3, 0.4) is 0 Å². The van der Waals surface area contributed by atoms with Gasteiger partial charge in [0, 0.05) is 4.88 Å². The highest BCUT2D eigenvalue weighted by molar-refractivity contribution is 7.10. The van der Waals surface area contributed by atoms with Gasteiger partial charge in [-0.05, 0) is 48.9 Å². The molecular formula is C19H21N3O2S. The van der Waals surface area contributed by atoms with Gasteiger partial charge in [-0.3, -0.25) is 9.89 Å². The molecule has 0 saturated heterocycles. The number of methoxy groups -OCH3 is 1. The third kappa shape index (κ3) is 4.48. The van der Waals surface area contributed by atoms with Crippen molar-refractivity contribution in [2.24, 2.45) is 0 Å². The van der Waals surface area contributed by atoms with Gasteiger partial charge in [-0.1, -0.05) is 18.2 Å². The molecule has 130 valence electrons. The molecule has 1 aromatic carbocycles. The van der Waals surface area contributed by atoms with E-state index in [0.717, 1.165) is 40.5 Å². The summed E-state index contributed by atoms with van der Waals surface area (Å²) in [7, 11) is 1.66. The Hall–Kier alpha value is -2.60. The maximum atomic E-state index is 12.3. The topological polar surface area (TPSA) is 67.0 Å². The molecular weight excluding hydrogens is 334 g/mol. The fraction of sp³-hybridized carbons (Fsp3) is 0.263. The molecule has 0 fully saturated rings. The zero-order chi connectivity index (χ0) is 17.6. The number of nitrogens with one attached hydrogen (secondary N) is 2. The first-order valence-electron chi connectivity index (χ1n) is 8.14. The molecule has 0 aliphatic heterocycles. The number of hydrogen-bond acceptors (Lipinski definition) is 4. The number of hydrogen-bond donors (Lipinski definition) is 2. The van der Waals surface area contributed by atoms with Gasteiger partial charge in [-0.25, -0.2) is 0 Å². The van der Waals surface area contributed by atoms with Crippen molar-refractivity contribution in [2.45, 2.75) is 26.2 Å². The Labute approximate surface area is 151 Å². The molecule has 0 saturated carbocycles. The van der Waals surface area contributed by atoms with Crippen LogP contribution < -0.4 is 10.1 Å². The fourth-order valence-corrected chi connectivity index (χ4v) is 3.34. The van der Waals surface area contributed by atoms with Gasteiger partial charge in [0.2, 0.25) is 5.91 Å². The number of amides is 1. The molecule has 6 heteroatoms. The predicted molar refractivity (Wildman–Crippen MR) is 100 cm³/mol. The third-order valence-corrected chi connectivity index (χ3v) is 4.89. The lowest BCUT2D eigenvalue weighted by molar-refractivity contribution is -0.115. The van der Waals surface area contributed by atoms with Gasteiger partial charge in [0.25, 0.3) is 0 Å². The van der Waals surface area contributed by atoms with Crippen molar-refractivity contribution in [3.8, 4) is 5.75 Å². The average molecular weight is 355 g/mol. The Morgan fingerprint density at radius 2 is 2.04 bits per heavy atom. The van der Waals surface area contributed by atoms with Crippen molar-refractivity contribution in [1.82, 2.24) is 10.2 Å². The quantitative estimate of drug-likeness (QED) is 0.678. The smallest absolute Gasteiger partial charge is 0.229 e. The van der Waals surface area contributed by atoms with Crippen LogP contribution in [0.2, 0.25) is 0 Å². The number of carbonyl (C=O) groups is 1. The van der Waals surface area contributed by atoms with Crippen molar-refractivity contribution in [3.05, 3.63) is 63.6 Å². The lowest BCUT2D eigenvalue weighted by atomic mass is 10.1. The lowest BCUT2D eigenvalue weighted by Crippen LogP contribution is -2.15. The SMILES string of the molecule is COc1ccc(CCc2n[nH]c(C)c2NC(=O)Cc2cccs2)cc1. The number of anilines is 1. The maximum Gasteiger partial charge on any atom is 0.229 e. The van der Waals surface area contributed by atoms with Crippen molar-refractivity contribution in [1.29, 1.82) is 0 Å². The Morgan fingerprint density at radius 3 is 2.72 bits per heavy atom. The molecule has 0 bridgehead atoms. The average Bonchev–Trinajstić information content (AvgIpc) is 3.24. The van der Waals surface area contributed by atoms with Gasteiger partial charge in [0.05, 0.1) is 30.6 Å². The summed E-state index contributed by atoms with van der Waals surface area (Å²) in [6.07, 6.45) is 1.99. The number of aryl methyl sites for hydroxylation is 3. The number of ether oxygens (including phenoxy) is 1.